The molecule has 35 heavy (non-hydrogen) atoms. The number of carbonyl (C=O) groups excluding carboxylic acids is 3. The van der Waals surface area contributed by atoms with Gasteiger partial charge in [0.05, 0.1) is 12.6 Å². The lowest BCUT2D eigenvalue weighted by Gasteiger charge is -2.22. The molecule has 0 aliphatic carbocycles. The number of carboxylic acid groups (broad SMARTS) is 1. The summed E-state index contributed by atoms with van der Waals surface area (Å²) in [5.74, 6) is -3.39. The van der Waals surface area contributed by atoms with Crippen molar-refractivity contribution in [2.75, 3.05) is 6.54 Å². The minimum absolute atomic E-state index is 0.0268. The number of hydrogen-bond acceptors (Lipinski definition) is 7. The molecule has 188 valence electrons. The Balaban J connectivity index is 2.00. The summed E-state index contributed by atoms with van der Waals surface area (Å²) in [6, 6.07) is 11.1. The summed E-state index contributed by atoms with van der Waals surface area (Å²) in [6.07, 6.45) is -1.06. The molecule has 0 saturated carbocycles. The Labute approximate surface area is 202 Å². The highest BCUT2D eigenvalue weighted by molar-refractivity contribution is 5.93. The number of carboxylic acids is 1. The molecule has 0 fully saturated rings. The van der Waals surface area contributed by atoms with Crippen molar-refractivity contribution in [3.05, 3.63) is 65.7 Å². The van der Waals surface area contributed by atoms with E-state index in [2.05, 4.69) is 16.0 Å². The molecule has 0 radical (unpaired) electrons. The van der Waals surface area contributed by atoms with E-state index >= 15 is 0 Å². The zero-order chi connectivity index (χ0) is 26.0. The van der Waals surface area contributed by atoms with Crippen molar-refractivity contribution < 1.29 is 34.5 Å². The molecule has 2 aromatic carbocycles. The van der Waals surface area contributed by atoms with E-state index in [-0.39, 0.29) is 18.6 Å². The standard InChI is InChI=1S/C24H30N4O7/c1-14(29)21(25)23(33)28-18(11-15-5-3-2-4-6-15)22(32)26-13-20(31)27-19(24(34)35)12-16-7-9-17(30)10-8-16/h2-10,14,18-19,21,29-30H,11-13,25H2,1H3,(H,26,32)(H,27,31)(H,28,33)(H,34,35). The summed E-state index contributed by atoms with van der Waals surface area (Å²) in [4.78, 5) is 49.0. The van der Waals surface area contributed by atoms with Gasteiger partial charge >= 0.3 is 5.97 Å². The first-order valence-corrected chi connectivity index (χ1v) is 10.9. The van der Waals surface area contributed by atoms with Gasteiger partial charge < -0.3 is 37.0 Å². The predicted octanol–water partition coefficient (Wildman–Crippen LogP) is -0.944. The minimum Gasteiger partial charge on any atom is -0.508 e. The van der Waals surface area contributed by atoms with Crippen LogP contribution in [0.1, 0.15) is 18.1 Å². The van der Waals surface area contributed by atoms with Crippen LogP contribution >= 0.6 is 0 Å². The molecule has 0 bridgehead atoms. The van der Waals surface area contributed by atoms with E-state index < -0.39 is 54.5 Å². The summed E-state index contributed by atoms with van der Waals surface area (Å²) in [5, 5.41) is 35.6. The van der Waals surface area contributed by atoms with E-state index in [0.29, 0.717) is 5.56 Å². The van der Waals surface area contributed by atoms with E-state index in [9.17, 15) is 34.5 Å². The number of nitrogens with two attached hydrogens (primary N) is 1. The molecule has 0 heterocycles. The molecule has 2 rings (SSSR count). The van der Waals surface area contributed by atoms with Crippen LogP contribution in [-0.2, 0) is 32.0 Å². The third-order valence-corrected chi connectivity index (χ3v) is 5.17. The molecule has 4 atom stereocenters. The molecule has 4 unspecified atom stereocenters. The van der Waals surface area contributed by atoms with Crippen molar-refractivity contribution in [3.8, 4) is 5.75 Å². The fraction of sp³-hybridized carbons (Fsp3) is 0.333. The van der Waals surface area contributed by atoms with Crippen molar-refractivity contribution in [1.82, 2.24) is 16.0 Å². The largest absolute Gasteiger partial charge is 0.508 e. The second-order valence-electron chi connectivity index (χ2n) is 8.06. The van der Waals surface area contributed by atoms with Gasteiger partial charge in [-0.25, -0.2) is 4.79 Å². The Bertz CT molecular complexity index is 1010. The number of carbonyl (C=O) groups is 4. The van der Waals surface area contributed by atoms with Crippen LogP contribution in [0.2, 0.25) is 0 Å². The first-order chi connectivity index (χ1) is 16.6. The molecule has 0 aliphatic rings. The average molecular weight is 487 g/mol. The first-order valence-electron chi connectivity index (χ1n) is 10.9. The summed E-state index contributed by atoms with van der Waals surface area (Å²) < 4.78 is 0. The average Bonchev–Trinajstić information content (AvgIpc) is 2.82. The highest BCUT2D eigenvalue weighted by atomic mass is 16.4. The molecule has 3 amide bonds. The maximum absolute atomic E-state index is 12.8. The van der Waals surface area contributed by atoms with Crippen LogP contribution < -0.4 is 21.7 Å². The zero-order valence-electron chi connectivity index (χ0n) is 19.2. The van der Waals surface area contributed by atoms with Gasteiger partial charge in [-0.3, -0.25) is 14.4 Å². The monoisotopic (exact) mass is 486 g/mol. The second kappa shape index (κ2) is 13.1. The number of amides is 3. The van der Waals surface area contributed by atoms with Crippen LogP contribution in [0.4, 0.5) is 0 Å². The maximum atomic E-state index is 12.8. The number of hydrogen-bond donors (Lipinski definition) is 7. The van der Waals surface area contributed by atoms with Crippen LogP contribution in [-0.4, -0.2) is 69.8 Å². The van der Waals surface area contributed by atoms with Gasteiger partial charge in [-0.05, 0) is 30.2 Å². The number of phenols is 1. The summed E-state index contributed by atoms with van der Waals surface area (Å²) >= 11 is 0. The lowest BCUT2D eigenvalue weighted by atomic mass is 10.0. The van der Waals surface area contributed by atoms with Crippen molar-refractivity contribution in [1.29, 1.82) is 0 Å². The quantitative estimate of drug-likeness (QED) is 0.200. The fourth-order valence-corrected chi connectivity index (χ4v) is 3.15. The molecule has 11 nitrogen and oxygen atoms in total. The van der Waals surface area contributed by atoms with Crippen LogP contribution in [0.15, 0.2) is 54.6 Å². The van der Waals surface area contributed by atoms with Crippen molar-refractivity contribution in [2.24, 2.45) is 5.73 Å². The van der Waals surface area contributed by atoms with Crippen LogP contribution in [0.25, 0.3) is 0 Å². The molecular formula is C24H30N4O7. The van der Waals surface area contributed by atoms with Gasteiger partial charge in [-0.1, -0.05) is 42.5 Å². The number of phenolic OH excluding ortho intramolecular Hbond substituents is 1. The third-order valence-electron chi connectivity index (χ3n) is 5.17. The van der Waals surface area contributed by atoms with E-state index in [4.69, 9.17) is 5.73 Å². The molecule has 0 aliphatic heterocycles. The van der Waals surface area contributed by atoms with E-state index in [0.717, 1.165) is 5.56 Å². The molecule has 8 N–H and O–H groups in total. The molecule has 0 spiro atoms. The summed E-state index contributed by atoms with van der Waals surface area (Å²) in [6.45, 7) is 0.819. The Morgan fingerprint density at radius 3 is 2.00 bits per heavy atom. The van der Waals surface area contributed by atoms with E-state index in [1.165, 1.54) is 31.2 Å². The summed E-state index contributed by atoms with van der Waals surface area (Å²) in [5.41, 5.74) is 6.97. The Morgan fingerprint density at radius 2 is 1.43 bits per heavy atom. The Morgan fingerprint density at radius 1 is 0.857 bits per heavy atom. The van der Waals surface area contributed by atoms with Crippen LogP contribution in [0, 0.1) is 0 Å². The topological polar surface area (TPSA) is 191 Å². The number of rotatable bonds is 12. The van der Waals surface area contributed by atoms with Gasteiger partial charge in [0.25, 0.3) is 0 Å². The van der Waals surface area contributed by atoms with Crippen LogP contribution in [0.3, 0.4) is 0 Å². The van der Waals surface area contributed by atoms with Gasteiger partial charge in [0.15, 0.2) is 0 Å². The molecule has 2 aromatic rings. The molecule has 0 aromatic heterocycles. The highest BCUT2D eigenvalue weighted by Gasteiger charge is 2.27. The smallest absolute Gasteiger partial charge is 0.326 e. The minimum atomic E-state index is -1.26. The first kappa shape index (κ1) is 27.3. The molecular weight excluding hydrogens is 456 g/mol. The van der Waals surface area contributed by atoms with E-state index in [1.54, 1.807) is 30.3 Å². The Kier molecular flexibility index (Phi) is 10.2. The summed E-state index contributed by atoms with van der Waals surface area (Å²) in [7, 11) is 0. The van der Waals surface area contributed by atoms with Gasteiger partial charge in [0, 0.05) is 12.8 Å². The molecule has 11 heteroatoms. The number of aromatic hydroxyl groups is 1. The number of aliphatic hydroxyl groups excluding tert-OH is 1. The van der Waals surface area contributed by atoms with Gasteiger partial charge in [-0.2, -0.15) is 0 Å². The van der Waals surface area contributed by atoms with Gasteiger partial charge in [-0.15, -0.1) is 0 Å². The van der Waals surface area contributed by atoms with Crippen molar-refractivity contribution in [2.45, 2.75) is 44.0 Å². The molecule has 0 saturated heterocycles. The lowest BCUT2D eigenvalue weighted by Crippen LogP contribution is -2.56. The third kappa shape index (κ3) is 9.07. The maximum Gasteiger partial charge on any atom is 0.326 e. The number of nitrogens with one attached hydrogen (secondary N) is 3. The number of aliphatic carboxylic acids is 1. The van der Waals surface area contributed by atoms with Gasteiger partial charge in [0.2, 0.25) is 17.7 Å². The van der Waals surface area contributed by atoms with Crippen molar-refractivity contribution >= 4 is 23.7 Å². The van der Waals surface area contributed by atoms with Gasteiger partial charge in [0.1, 0.15) is 23.9 Å². The highest BCUT2D eigenvalue weighted by Crippen LogP contribution is 2.11. The zero-order valence-corrected chi connectivity index (χ0v) is 19.2. The SMILES string of the molecule is CC(O)C(N)C(=O)NC(Cc1ccccc1)C(=O)NCC(=O)NC(Cc1ccc(O)cc1)C(=O)O. The second-order valence-corrected chi connectivity index (χ2v) is 8.06. The normalized spacial score (nSPS) is 14.1. The van der Waals surface area contributed by atoms with Crippen LogP contribution in [0.5, 0.6) is 5.75 Å². The predicted molar refractivity (Wildman–Crippen MR) is 126 cm³/mol. The number of benzene rings is 2. The fourth-order valence-electron chi connectivity index (χ4n) is 3.15. The van der Waals surface area contributed by atoms with E-state index in [1.807, 2.05) is 0 Å². The Hall–Kier alpha value is -3.96. The van der Waals surface area contributed by atoms with Crippen molar-refractivity contribution in [3.63, 3.8) is 0 Å². The number of aliphatic hydroxyl groups is 1. The lowest BCUT2D eigenvalue weighted by molar-refractivity contribution is -0.141.